The van der Waals surface area contributed by atoms with Gasteiger partial charge in [0.05, 0.1) is 5.56 Å². The third-order valence-electron chi connectivity index (χ3n) is 2.50. The zero-order valence-electron chi connectivity index (χ0n) is 9.76. The summed E-state index contributed by atoms with van der Waals surface area (Å²) < 4.78 is 13.5. The van der Waals surface area contributed by atoms with Crippen molar-refractivity contribution in [2.45, 2.75) is 0 Å². The van der Waals surface area contributed by atoms with Gasteiger partial charge in [-0.2, -0.15) is 0 Å². The number of phenolic OH excluding ortho intramolecular Hbond substituents is 1. The molecule has 2 N–H and O–H groups in total. The molecule has 0 atom stereocenters. The van der Waals surface area contributed by atoms with Crippen LogP contribution in [0.15, 0.2) is 42.5 Å². The van der Waals surface area contributed by atoms with E-state index in [4.69, 9.17) is 5.11 Å². The SMILES string of the molecule is O=Cc1ccc(NC(=O)c2ccc(O)cc2F)cc1. The Hall–Kier alpha value is -2.69. The van der Waals surface area contributed by atoms with Gasteiger partial charge in [0.15, 0.2) is 0 Å². The number of aromatic hydroxyl groups is 1. The highest BCUT2D eigenvalue weighted by atomic mass is 19.1. The Labute approximate surface area is 108 Å². The molecule has 0 radical (unpaired) electrons. The molecule has 2 aromatic rings. The second kappa shape index (κ2) is 5.30. The van der Waals surface area contributed by atoms with Crippen molar-refractivity contribution in [3.63, 3.8) is 0 Å². The van der Waals surface area contributed by atoms with E-state index in [-0.39, 0.29) is 11.3 Å². The quantitative estimate of drug-likeness (QED) is 0.832. The summed E-state index contributed by atoms with van der Waals surface area (Å²) in [6, 6.07) is 9.45. The fourth-order valence-electron chi connectivity index (χ4n) is 1.53. The Bertz CT molecular complexity index is 623. The van der Waals surface area contributed by atoms with Gasteiger partial charge in [-0.05, 0) is 36.4 Å². The van der Waals surface area contributed by atoms with E-state index in [2.05, 4.69) is 5.32 Å². The monoisotopic (exact) mass is 259 g/mol. The summed E-state index contributed by atoms with van der Waals surface area (Å²) in [7, 11) is 0. The smallest absolute Gasteiger partial charge is 0.258 e. The maximum Gasteiger partial charge on any atom is 0.258 e. The molecule has 2 aromatic carbocycles. The van der Waals surface area contributed by atoms with Crippen molar-refractivity contribution in [2.24, 2.45) is 0 Å². The molecule has 5 heteroatoms. The summed E-state index contributed by atoms with van der Waals surface area (Å²) >= 11 is 0. The number of benzene rings is 2. The molecular weight excluding hydrogens is 249 g/mol. The van der Waals surface area contributed by atoms with Crippen LogP contribution in [-0.2, 0) is 0 Å². The maximum atomic E-state index is 13.5. The summed E-state index contributed by atoms with van der Waals surface area (Å²) in [5.41, 5.74) is 0.758. The van der Waals surface area contributed by atoms with Gasteiger partial charge < -0.3 is 10.4 Å². The van der Waals surface area contributed by atoms with Crippen LogP contribution in [-0.4, -0.2) is 17.3 Å². The molecule has 2 rings (SSSR count). The summed E-state index contributed by atoms with van der Waals surface area (Å²) in [6.45, 7) is 0. The number of hydrogen-bond acceptors (Lipinski definition) is 3. The van der Waals surface area contributed by atoms with E-state index in [1.54, 1.807) is 12.1 Å². The lowest BCUT2D eigenvalue weighted by atomic mass is 10.1. The minimum atomic E-state index is -0.804. The van der Waals surface area contributed by atoms with Crippen LogP contribution < -0.4 is 5.32 Å². The molecule has 0 heterocycles. The lowest BCUT2D eigenvalue weighted by Gasteiger charge is -2.06. The highest BCUT2D eigenvalue weighted by Gasteiger charge is 2.12. The number of nitrogens with one attached hydrogen (secondary N) is 1. The van der Waals surface area contributed by atoms with Crippen LogP contribution in [0.25, 0.3) is 0 Å². The van der Waals surface area contributed by atoms with Crippen LogP contribution in [0.3, 0.4) is 0 Å². The van der Waals surface area contributed by atoms with Gasteiger partial charge in [-0.3, -0.25) is 9.59 Å². The number of amides is 1. The van der Waals surface area contributed by atoms with Gasteiger partial charge >= 0.3 is 0 Å². The van der Waals surface area contributed by atoms with Crippen LogP contribution >= 0.6 is 0 Å². The van der Waals surface area contributed by atoms with E-state index >= 15 is 0 Å². The number of anilines is 1. The summed E-state index contributed by atoms with van der Waals surface area (Å²) in [5, 5.41) is 11.6. The molecule has 0 fully saturated rings. The minimum Gasteiger partial charge on any atom is -0.508 e. The summed E-state index contributed by atoms with van der Waals surface area (Å²) in [6.07, 6.45) is 0.686. The van der Waals surface area contributed by atoms with Gasteiger partial charge in [0.2, 0.25) is 0 Å². The molecule has 0 saturated heterocycles. The van der Waals surface area contributed by atoms with Crippen LogP contribution in [0.1, 0.15) is 20.7 Å². The van der Waals surface area contributed by atoms with Crippen molar-refractivity contribution < 1.29 is 19.1 Å². The second-order valence-electron chi connectivity index (χ2n) is 3.86. The van der Waals surface area contributed by atoms with Gasteiger partial charge in [0.1, 0.15) is 17.9 Å². The average molecular weight is 259 g/mol. The average Bonchev–Trinajstić information content (AvgIpc) is 2.39. The maximum absolute atomic E-state index is 13.5. The van der Waals surface area contributed by atoms with Crippen LogP contribution in [0.4, 0.5) is 10.1 Å². The molecule has 0 spiro atoms. The van der Waals surface area contributed by atoms with E-state index in [0.717, 1.165) is 6.07 Å². The number of carbonyl (C=O) groups excluding carboxylic acids is 2. The van der Waals surface area contributed by atoms with Crippen molar-refractivity contribution in [3.05, 3.63) is 59.4 Å². The van der Waals surface area contributed by atoms with Crippen molar-refractivity contribution >= 4 is 17.9 Å². The summed E-state index contributed by atoms with van der Waals surface area (Å²) in [4.78, 5) is 22.3. The van der Waals surface area contributed by atoms with Crippen molar-refractivity contribution in [1.29, 1.82) is 0 Å². The molecule has 0 bridgehead atoms. The molecule has 0 aliphatic carbocycles. The number of phenols is 1. The summed E-state index contributed by atoms with van der Waals surface area (Å²) in [5.74, 6) is -1.68. The second-order valence-corrected chi connectivity index (χ2v) is 3.86. The molecule has 0 aliphatic rings. The predicted molar refractivity (Wildman–Crippen MR) is 67.8 cm³/mol. The molecule has 1 amide bonds. The Balaban J connectivity index is 2.18. The molecule has 0 aliphatic heterocycles. The Morgan fingerprint density at radius 2 is 1.84 bits per heavy atom. The van der Waals surface area contributed by atoms with E-state index in [0.29, 0.717) is 17.5 Å². The number of rotatable bonds is 3. The largest absolute Gasteiger partial charge is 0.508 e. The Morgan fingerprint density at radius 1 is 1.16 bits per heavy atom. The van der Waals surface area contributed by atoms with Crippen LogP contribution in [0.5, 0.6) is 5.75 Å². The first-order valence-corrected chi connectivity index (χ1v) is 5.45. The molecule has 4 nitrogen and oxygen atoms in total. The van der Waals surface area contributed by atoms with E-state index < -0.39 is 11.7 Å². The van der Waals surface area contributed by atoms with Gasteiger partial charge in [-0.25, -0.2) is 4.39 Å². The minimum absolute atomic E-state index is 0.169. The molecule has 19 heavy (non-hydrogen) atoms. The fraction of sp³-hybridized carbons (Fsp3) is 0. The normalized spacial score (nSPS) is 9.95. The third-order valence-corrected chi connectivity index (χ3v) is 2.50. The van der Waals surface area contributed by atoms with E-state index in [9.17, 15) is 14.0 Å². The van der Waals surface area contributed by atoms with Gasteiger partial charge in [0.25, 0.3) is 5.91 Å². The Morgan fingerprint density at radius 3 is 2.42 bits per heavy atom. The molecular formula is C14H10FNO3. The third kappa shape index (κ3) is 2.95. The van der Waals surface area contributed by atoms with E-state index in [1.165, 1.54) is 24.3 Å². The topological polar surface area (TPSA) is 66.4 Å². The predicted octanol–water partition coefficient (Wildman–Crippen LogP) is 2.60. The Kier molecular flexibility index (Phi) is 3.56. The molecule has 0 unspecified atom stereocenters. The zero-order chi connectivity index (χ0) is 13.8. The standard InChI is InChI=1S/C14H10FNO3/c15-13-7-11(18)5-6-12(13)14(19)16-10-3-1-9(8-17)2-4-10/h1-8,18H,(H,16,19). The number of halogens is 1. The highest BCUT2D eigenvalue weighted by Crippen LogP contribution is 2.17. The van der Waals surface area contributed by atoms with Gasteiger partial charge in [0, 0.05) is 17.3 Å². The first-order chi connectivity index (χ1) is 9.10. The molecule has 0 aromatic heterocycles. The van der Waals surface area contributed by atoms with Crippen molar-refractivity contribution in [1.82, 2.24) is 0 Å². The van der Waals surface area contributed by atoms with Crippen LogP contribution in [0, 0.1) is 5.82 Å². The fourth-order valence-corrected chi connectivity index (χ4v) is 1.53. The van der Waals surface area contributed by atoms with Crippen molar-refractivity contribution in [3.8, 4) is 5.75 Å². The lowest BCUT2D eigenvalue weighted by Crippen LogP contribution is -2.13. The first kappa shape index (κ1) is 12.8. The van der Waals surface area contributed by atoms with Crippen LogP contribution in [0.2, 0.25) is 0 Å². The van der Waals surface area contributed by atoms with Gasteiger partial charge in [-0.15, -0.1) is 0 Å². The first-order valence-electron chi connectivity index (χ1n) is 5.45. The highest BCUT2D eigenvalue weighted by molar-refractivity contribution is 6.04. The van der Waals surface area contributed by atoms with Crippen molar-refractivity contribution in [2.75, 3.05) is 5.32 Å². The zero-order valence-corrected chi connectivity index (χ0v) is 9.76. The van der Waals surface area contributed by atoms with E-state index in [1.807, 2.05) is 0 Å². The number of hydrogen-bond donors (Lipinski definition) is 2. The molecule has 96 valence electrons. The lowest BCUT2D eigenvalue weighted by molar-refractivity contribution is 0.102. The number of carbonyl (C=O) groups is 2. The number of aldehydes is 1. The molecule has 0 saturated carbocycles. The van der Waals surface area contributed by atoms with Gasteiger partial charge in [-0.1, -0.05) is 0 Å².